The maximum Gasteiger partial charge on any atom is 0.292 e. The van der Waals surface area contributed by atoms with Crippen molar-refractivity contribution in [3.8, 4) is 0 Å². The van der Waals surface area contributed by atoms with E-state index in [0.29, 0.717) is 30.3 Å². The number of fused-ring (bicyclic) bond motifs is 1. The maximum atomic E-state index is 12.9. The Labute approximate surface area is 167 Å². The van der Waals surface area contributed by atoms with Crippen LogP contribution in [-0.2, 0) is 7.05 Å². The van der Waals surface area contributed by atoms with Crippen LogP contribution in [0, 0.1) is 17.0 Å². The first-order chi connectivity index (χ1) is 14.0. The van der Waals surface area contributed by atoms with Crippen molar-refractivity contribution in [1.29, 1.82) is 0 Å². The molecule has 2 aromatic heterocycles. The highest BCUT2D eigenvalue weighted by molar-refractivity contribution is 6.06. The topological polar surface area (TPSA) is 115 Å². The summed E-state index contributed by atoms with van der Waals surface area (Å²) in [4.78, 5) is 28.2. The highest BCUT2D eigenvalue weighted by Gasteiger charge is 2.28. The van der Waals surface area contributed by atoms with E-state index in [1.54, 1.807) is 22.9 Å². The Bertz CT molecular complexity index is 1100. The first-order valence-electron chi connectivity index (χ1n) is 9.55. The molecule has 2 heterocycles. The average molecular weight is 394 g/mol. The summed E-state index contributed by atoms with van der Waals surface area (Å²) in [5, 5.41) is 22.2. The van der Waals surface area contributed by atoms with Crippen LogP contribution in [-0.4, -0.2) is 38.7 Å². The first kappa shape index (κ1) is 18.9. The summed E-state index contributed by atoms with van der Waals surface area (Å²) in [7, 11) is 1.83. The zero-order chi connectivity index (χ0) is 20.5. The third-order valence-electron chi connectivity index (χ3n) is 5.06. The third kappa shape index (κ3) is 3.75. The fourth-order valence-electron chi connectivity index (χ4n) is 3.48. The predicted octanol–water partition coefficient (Wildman–Crippen LogP) is 2.90. The number of carbonyl (C=O) groups excluding carboxylic acids is 1. The van der Waals surface area contributed by atoms with Crippen LogP contribution < -0.4 is 10.6 Å². The van der Waals surface area contributed by atoms with Gasteiger partial charge in [-0.2, -0.15) is 5.10 Å². The summed E-state index contributed by atoms with van der Waals surface area (Å²) in [5.41, 5.74) is 3.43. The number of benzene rings is 1. The number of hydrogen-bond acceptors (Lipinski definition) is 6. The van der Waals surface area contributed by atoms with Crippen LogP contribution in [0.2, 0.25) is 0 Å². The Balaban J connectivity index is 1.48. The maximum absolute atomic E-state index is 12.9. The summed E-state index contributed by atoms with van der Waals surface area (Å²) in [5.74, 6) is 0.223. The minimum absolute atomic E-state index is 0.00901. The zero-order valence-corrected chi connectivity index (χ0v) is 16.3. The summed E-state index contributed by atoms with van der Waals surface area (Å²) in [6.07, 6.45) is 2.19. The molecule has 0 saturated heterocycles. The second kappa shape index (κ2) is 7.50. The second-order valence-corrected chi connectivity index (χ2v) is 7.23. The Hall–Kier alpha value is -3.49. The standard InChI is InChI=1S/C20H22N6O3/c1-12-18-14(11-16(13-7-8-13)23-19(18)25(2)24-12)20(27)22-10-9-21-15-5-3-4-6-17(15)26(28)29/h3-6,11,13,21H,7-10H2,1-2H3,(H,22,27). The van der Waals surface area contributed by atoms with Gasteiger partial charge in [0.1, 0.15) is 5.69 Å². The molecule has 29 heavy (non-hydrogen) atoms. The molecule has 1 aliphatic carbocycles. The van der Waals surface area contributed by atoms with Crippen molar-refractivity contribution in [3.05, 3.63) is 57.4 Å². The molecule has 0 aliphatic heterocycles. The molecule has 150 valence electrons. The molecular formula is C20H22N6O3. The van der Waals surface area contributed by atoms with Gasteiger partial charge in [-0.3, -0.25) is 19.6 Å². The van der Waals surface area contributed by atoms with Gasteiger partial charge in [0.15, 0.2) is 5.65 Å². The molecule has 4 rings (SSSR count). The van der Waals surface area contributed by atoms with E-state index < -0.39 is 4.92 Å². The van der Waals surface area contributed by atoms with E-state index in [0.717, 1.165) is 35.3 Å². The van der Waals surface area contributed by atoms with Gasteiger partial charge in [-0.1, -0.05) is 12.1 Å². The Morgan fingerprint density at radius 1 is 1.31 bits per heavy atom. The van der Waals surface area contributed by atoms with Crippen molar-refractivity contribution in [2.75, 3.05) is 18.4 Å². The van der Waals surface area contributed by atoms with Crippen LogP contribution in [0.3, 0.4) is 0 Å². The van der Waals surface area contributed by atoms with Gasteiger partial charge in [0.2, 0.25) is 0 Å². The van der Waals surface area contributed by atoms with Gasteiger partial charge >= 0.3 is 0 Å². The highest BCUT2D eigenvalue weighted by atomic mass is 16.6. The molecule has 0 radical (unpaired) electrons. The van der Waals surface area contributed by atoms with E-state index >= 15 is 0 Å². The Morgan fingerprint density at radius 3 is 2.79 bits per heavy atom. The lowest BCUT2D eigenvalue weighted by molar-refractivity contribution is -0.384. The number of carbonyl (C=O) groups is 1. The van der Waals surface area contributed by atoms with Gasteiger partial charge in [-0.15, -0.1) is 0 Å². The largest absolute Gasteiger partial charge is 0.378 e. The molecule has 3 aromatic rings. The molecule has 1 amide bonds. The summed E-state index contributed by atoms with van der Waals surface area (Å²) in [6.45, 7) is 2.56. The van der Waals surface area contributed by atoms with Crippen LogP contribution in [0.4, 0.5) is 11.4 Å². The minimum Gasteiger partial charge on any atom is -0.378 e. The fraction of sp³-hybridized carbons (Fsp3) is 0.350. The minimum atomic E-state index is -0.431. The number of anilines is 1. The molecule has 2 N–H and O–H groups in total. The molecule has 9 heteroatoms. The molecule has 0 atom stereocenters. The van der Waals surface area contributed by atoms with Crippen molar-refractivity contribution < 1.29 is 9.72 Å². The molecule has 0 spiro atoms. The normalized spacial score (nSPS) is 13.4. The number of nitro benzene ring substituents is 1. The van der Waals surface area contributed by atoms with Gasteiger partial charge in [0, 0.05) is 37.8 Å². The highest BCUT2D eigenvalue weighted by Crippen LogP contribution is 2.40. The van der Waals surface area contributed by atoms with E-state index in [9.17, 15) is 14.9 Å². The summed E-state index contributed by atoms with van der Waals surface area (Å²) >= 11 is 0. The van der Waals surface area contributed by atoms with E-state index in [2.05, 4.69) is 15.7 Å². The quantitative estimate of drug-likeness (QED) is 0.362. The van der Waals surface area contributed by atoms with Crippen LogP contribution in [0.25, 0.3) is 11.0 Å². The van der Waals surface area contributed by atoms with Gasteiger partial charge in [-0.25, -0.2) is 4.98 Å². The molecule has 1 fully saturated rings. The van der Waals surface area contributed by atoms with Gasteiger partial charge in [-0.05, 0) is 31.9 Å². The number of hydrogen-bond donors (Lipinski definition) is 2. The lowest BCUT2D eigenvalue weighted by Gasteiger charge is -2.10. The average Bonchev–Trinajstić information content (AvgIpc) is 3.51. The number of nitro groups is 1. The van der Waals surface area contributed by atoms with Gasteiger partial charge < -0.3 is 10.6 Å². The van der Waals surface area contributed by atoms with Crippen LogP contribution >= 0.6 is 0 Å². The number of amides is 1. The Morgan fingerprint density at radius 2 is 2.07 bits per heavy atom. The van der Waals surface area contributed by atoms with Crippen molar-refractivity contribution in [1.82, 2.24) is 20.1 Å². The van der Waals surface area contributed by atoms with E-state index in [1.165, 1.54) is 6.07 Å². The summed E-state index contributed by atoms with van der Waals surface area (Å²) in [6, 6.07) is 8.31. The molecule has 9 nitrogen and oxygen atoms in total. The number of rotatable bonds is 7. The lowest BCUT2D eigenvalue weighted by atomic mass is 10.1. The zero-order valence-electron chi connectivity index (χ0n) is 16.3. The molecule has 0 bridgehead atoms. The number of nitrogens with one attached hydrogen (secondary N) is 2. The van der Waals surface area contributed by atoms with Crippen molar-refractivity contribution >= 4 is 28.3 Å². The third-order valence-corrected chi connectivity index (χ3v) is 5.06. The van der Waals surface area contributed by atoms with Crippen molar-refractivity contribution in [2.24, 2.45) is 7.05 Å². The SMILES string of the molecule is Cc1nn(C)c2nc(C3CC3)cc(C(=O)NCCNc3ccccc3[N+](=O)[O-])c12. The number of aryl methyl sites for hydroxylation is 2. The number of nitrogens with zero attached hydrogens (tertiary/aromatic N) is 4. The monoisotopic (exact) mass is 394 g/mol. The second-order valence-electron chi connectivity index (χ2n) is 7.23. The molecule has 1 saturated carbocycles. The molecule has 1 aliphatic rings. The van der Waals surface area contributed by atoms with Crippen molar-refractivity contribution in [2.45, 2.75) is 25.7 Å². The van der Waals surface area contributed by atoms with Crippen LogP contribution in [0.1, 0.15) is 40.5 Å². The van der Waals surface area contributed by atoms with Gasteiger partial charge in [0.05, 0.1) is 21.6 Å². The Kier molecular flexibility index (Phi) is 4.87. The summed E-state index contributed by atoms with van der Waals surface area (Å²) < 4.78 is 1.71. The van der Waals surface area contributed by atoms with Crippen LogP contribution in [0.5, 0.6) is 0 Å². The fourth-order valence-corrected chi connectivity index (χ4v) is 3.48. The molecular weight excluding hydrogens is 372 g/mol. The number of aromatic nitrogens is 3. The van der Waals surface area contributed by atoms with E-state index in [1.807, 2.05) is 20.0 Å². The van der Waals surface area contributed by atoms with E-state index in [4.69, 9.17) is 4.98 Å². The van der Waals surface area contributed by atoms with Crippen LogP contribution in [0.15, 0.2) is 30.3 Å². The molecule has 1 aromatic carbocycles. The molecule has 0 unspecified atom stereocenters. The van der Waals surface area contributed by atoms with Crippen molar-refractivity contribution in [3.63, 3.8) is 0 Å². The number of para-hydroxylation sites is 2. The van der Waals surface area contributed by atoms with E-state index in [-0.39, 0.29) is 11.6 Å². The predicted molar refractivity (Wildman–Crippen MR) is 109 cm³/mol. The smallest absolute Gasteiger partial charge is 0.292 e. The number of pyridine rings is 1. The lowest BCUT2D eigenvalue weighted by Crippen LogP contribution is -2.29. The van der Waals surface area contributed by atoms with Gasteiger partial charge in [0.25, 0.3) is 11.6 Å². The first-order valence-corrected chi connectivity index (χ1v) is 9.55.